The van der Waals surface area contributed by atoms with Crippen LogP contribution in [-0.4, -0.2) is 60.6 Å². The predicted octanol–water partition coefficient (Wildman–Crippen LogP) is 3.90. The van der Waals surface area contributed by atoms with Crippen LogP contribution in [0.4, 0.5) is 5.69 Å². The van der Waals surface area contributed by atoms with Crippen LogP contribution in [0, 0.1) is 13.8 Å². The second-order valence-corrected chi connectivity index (χ2v) is 8.87. The smallest absolute Gasteiger partial charge is 0.254 e. The number of amides is 1. The largest absolute Gasteiger partial charge is 0.486 e. The molecule has 6 nitrogen and oxygen atoms in total. The summed E-state index contributed by atoms with van der Waals surface area (Å²) in [5.41, 5.74) is 3.82. The third kappa shape index (κ3) is 4.74. The Kier molecular flexibility index (Phi) is 6.51. The maximum atomic E-state index is 13.1. The van der Waals surface area contributed by atoms with Crippen LogP contribution in [0.1, 0.15) is 27.9 Å². The Balaban J connectivity index is 1.41. The number of hydrogen-bond donors (Lipinski definition) is 1. The average molecular weight is 428 g/mol. The van der Waals surface area contributed by atoms with Crippen molar-refractivity contribution >= 4 is 23.7 Å². The molecule has 2 heterocycles. The topological polar surface area (TPSA) is 54.0 Å². The number of methoxy groups -OCH3 is 1. The minimum absolute atomic E-state index is 0.0331. The lowest BCUT2D eigenvalue weighted by Crippen LogP contribution is -2.32. The first-order chi connectivity index (χ1) is 14.5. The van der Waals surface area contributed by atoms with Crippen LogP contribution in [-0.2, 0) is 4.74 Å². The van der Waals surface area contributed by atoms with E-state index in [1.54, 1.807) is 19.2 Å². The highest BCUT2D eigenvalue weighted by Gasteiger charge is 2.37. The van der Waals surface area contributed by atoms with Gasteiger partial charge in [-0.3, -0.25) is 4.79 Å². The van der Waals surface area contributed by atoms with Gasteiger partial charge in [0.1, 0.15) is 18.0 Å². The summed E-state index contributed by atoms with van der Waals surface area (Å²) in [7, 11) is 1.68. The van der Waals surface area contributed by atoms with E-state index in [2.05, 4.69) is 9.03 Å². The van der Waals surface area contributed by atoms with Crippen molar-refractivity contribution in [2.75, 3.05) is 38.0 Å². The average Bonchev–Trinajstić information content (AvgIpc) is 3.11. The van der Waals surface area contributed by atoms with Gasteiger partial charge in [0.05, 0.1) is 13.1 Å². The molecule has 2 aliphatic heterocycles. The van der Waals surface area contributed by atoms with Gasteiger partial charge in [-0.15, -0.1) is 0 Å². The van der Waals surface area contributed by atoms with Crippen LogP contribution in [0.15, 0.2) is 42.5 Å². The monoisotopic (exact) mass is 427 g/mol. The van der Waals surface area contributed by atoms with E-state index in [0.717, 1.165) is 41.2 Å². The van der Waals surface area contributed by atoms with Crippen molar-refractivity contribution < 1.29 is 14.3 Å². The molecule has 2 aromatic carbocycles. The number of nitrogens with zero attached hydrogens (tertiary/aromatic N) is 2. The van der Waals surface area contributed by atoms with Crippen molar-refractivity contribution in [2.45, 2.75) is 32.5 Å². The molecule has 4 rings (SSSR count). The van der Waals surface area contributed by atoms with E-state index < -0.39 is 0 Å². The first kappa shape index (κ1) is 21.0. The standard InChI is InChI=1S/C23H29N3O3S/c1-16-8-9-17(2)20(12-16)23(27)25-14-21(28-3)22(15-25)29-19-7-4-6-18(13-19)24-30-26-10-5-11-26/h4,6-9,12-13,21-22,24H,5,10-11,14-15H2,1-3H3. The molecule has 160 valence electrons. The van der Waals surface area contributed by atoms with Gasteiger partial charge in [-0.2, -0.15) is 0 Å². The number of carbonyl (C=O) groups is 1. The summed E-state index contributed by atoms with van der Waals surface area (Å²) in [6, 6.07) is 13.9. The van der Waals surface area contributed by atoms with Gasteiger partial charge in [0.15, 0.2) is 0 Å². The number of nitrogens with one attached hydrogen (secondary N) is 1. The number of likely N-dealkylation sites (tertiary alicyclic amines) is 1. The van der Waals surface area contributed by atoms with Crippen LogP contribution in [0.2, 0.25) is 0 Å². The fraction of sp³-hybridized carbons (Fsp3) is 0.435. The summed E-state index contributed by atoms with van der Waals surface area (Å²) >= 11 is 1.63. The molecule has 2 aromatic rings. The number of ether oxygens (including phenoxy) is 2. The Morgan fingerprint density at radius 2 is 1.90 bits per heavy atom. The zero-order valence-corrected chi connectivity index (χ0v) is 18.6. The van der Waals surface area contributed by atoms with Crippen LogP contribution < -0.4 is 9.46 Å². The molecule has 2 saturated heterocycles. The number of hydrogen-bond acceptors (Lipinski definition) is 6. The van der Waals surface area contributed by atoms with Crippen LogP contribution >= 0.6 is 12.1 Å². The molecule has 30 heavy (non-hydrogen) atoms. The van der Waals surface area contributed by atoms with E-state index in [0.29, 0.717) is 13.1 Å². The van der Waals surface area contributed by atoms with Crippen molar-refractivity contribution in [3.8, 4) is 5.75 Å². The number of anilines is 1. The maximum Gasteiger partial charge on any atom is 0.254 e. The number of benzene rings is 2. The van der Waals surface area contributed by atoms with Crippen molar-refractivity contribution in [2.24, 2.45) is 0 Å². The molecule has 2 unspecified atom stereocenters. The maximum absolute atomic E-state index is 13.1. The fourth-order valence-electron chi connectivity index (χ4n) is 3.69. The van der Waals surface area contributed by atoms with E-state index in [-0.39, 0.29) is 18.1 Å². The lowest BCUT2D eigenvalue weighted by molar-refractivity contribution is 0.0340. The Morgan fingerprint density at radius 1 is 1.10 bits per heavy atom. The summed E-state index contributed by atoms with van der Waals surface area (Å²) in [5.74, 6) is 0.808. The highest BCUT2D eigenvalue weighted by molar-refractivity contribution is 7.98. The summed E-state index contributed by atoms with van der Waals surface area (Å²) < 4.78 is 17.6. The summed E-state index contributed by atoms with van der Waals surface area (Å²) in [6.07, 6.45) is 0.892. The van der Waals surface area contributed by atoms with Crippen LogP contribution in [0.5, 0.6) is 5.75 Å². The fourth-order valence-corrected chi connectivity index (χ4v) is 4.49. The molecule has 2 aliphatic rings. The van der Waals surface area contributed by atoms with Gasteiger partial charge in [0.2, 0.25) is 0 Å². The van der Waals surface area contributed by atoms with Crippen molar-refractivity contribution in [1.29, 1.82) is 0 Å². The van der Waals surface area contributed by atoms with E-state index in [4.69, 9.17) is 9.47 Å². The molecule has 0 aliphatic carbocycles. The normalized spacial score (nSPS) is 21.4. The van der Waals surface area contributed by atoms with Crippen LogP contribution in [0.3, 0.4) is 0 Å². The molecule has 0 aromatic heterocycles. The van der Waals surface area contributed by atoms with Gasteiger partial charge >= 0.3 is 0 Å². The van der Waals surface area contributed by atoms with Gasteiger partial charge in [-0.05, 0) is 44.0 Å². The lowest BCUT2D eigenvalue weighted by atomic mass is 10.0. The Labute approximate surface area is 182 Å². The molecule has 1 N–H and O–H groups in total. The predicted molar refractivity (Wildman–Crippen MR) is 121 cm³/mol. The first-order valence-corrected chi connectivity index (χ1v) is 11.1. The van der Waals surface area contributed by atoms with Crippen molar-refractivity contribution in [3.63, 3.8) is 0 Å². The summed E-state index contributed by atoms with van der Waals surface area (Å²) in [5, 5.41) is 0. The van der Waals surface area contributed by atoms with E-state index in [1.165, 1.54) is 6.42 Å². The van der Waals surface area contributed by atoms with Crippen molar-refractivity contribution in [1.82, 2.24) is 9.21 Å². The molecule has 7 heteroatoms. The minimum Gasteiger partial charge on any atom is -0.486 e. The molecule has 0 saturated carbocycles. The van der Waals surface area contributed by atoms with Gasteiger partial charge in [-0.1, -0.05) is 23.8 Å². The number of rotatable bonds is 7. The Bertz CT molecular complexity index is 903. The Hall–Kier alpha value is -2.22. The molecular formula is C23H29N3O3S. The second-order valence-electron chi connectivity index (χ2n) is 7.96. The zero-order chi connectivity index (χ0) is 21.1. The quantitative estimate of drug-likeness (QED) is 0.677. The highest BCUT2D eigenvalue weighted by atomic mass is 32.2. The van der Waals surface area contributed by atoms with Gasteiger partial charge < -0.3 is 19.1 Å². The van der Waals surface area contributed by atoms with Gasteiger partial charge in [0.25, 0.3) is 5.91 Å². The molecular weight excluding hydrogens is 398 g/mol. The number of carbonyl (C=O) groups excluding carboxylic acids is 1. The Morgan fingerprint density at radius 3 is 2.63 bits per heavy atom. The molecule has 0 radical (unpaired) electrons. The summed E-state index contributed by atoms with van der Waals surface area (Å²) in [4.78, 5) is 14.9. The molecule has 0 bridgehead atoms. The third-order valence-electron chi connectivity index (χ3n) is 5.66. The highest BCUT2D eigenvalue weighted by Crippen LogP contribution is 2.27. The van der Waals surface area contributed by atoms with E-state index in [9.17, 15) is 4.79 Å². The van der Waals surface area contributed by atoms with Gasteiger partial charge in [0, 0.05) is 49.7 Å². The molecule has 2 fully saturated rings. The first-order valence-electron chi connectivity index (χ1n) is 10.4. The second kappa shape index (κ2) is 9.29. The van der Waals surface area contributed by atoms with Crippen LogP contribution in [0.25, 0.3) is 0 Å². The molecule has 2 atom stereocenters. The molecule has 0 spiro atoms. The number of aryl methyl sites for hydroxylation is 2. The zero-order valence-electron chi connectivity index (χ0n) is 17.8. The molecule has 1 amide bonds. The van der Waals surface area contributed by atoms with Crippen molar-refractivity contribution in [3.05, 3.63) is 59.2 Å². The minimum atomic E-state index is -0.206. The van der Waals surface area contributed by atoms with Gasteiger partial charge in [-0.25, -0.2) is 4.31 Å². The summed E-state index contributed by atoms with van der Waals surface area (Å²) in [6.45, 7) is 7.25. The SMILES string of the molecule is COC1CN(C(=O)c2cc(C)ccc2C)CC1Oc1cccc(NSN2CCC2)c1. The van der Waals surface area contributed by atoms with E-state index >= 15 is 0 Å². The third-order valence-corrected chi connectivity index (χ3v) is 6.61. The lowest BCUT2D eigenvalue weighted by Gasteiger charge is -2.29. The van der Waals surface area contributed by atoms with E-state index in [1.807, 2.05) is 61.2 Å².